The molecule has 4 rings (SSSR count). The molecule has 1 aliphatic rings. The van der Waals surface area contributed by atoms with Gasteiger partial charge in [0.25, 0.3) is 0 Å². The molecular weight excluding hydrogens is 368 g/mol. The van der Waals surface area contributed by atoms with E-state index in [0.717, 1.165) is 47.1 Å². The minimum atomic E-state index is 0.479. The molecular formula is C21H24N6O2. The van der Waals surface area contributed by atoms with Gasteiger partial charge in [0.2, 0.25) is 5.95 Å². The Morgan fingerprint density at radius 3 is 2.72 bits per heavy atom. The highest BCUT2D eigenvalue weighted by Gasteiger charge is 2.21. The molecule has 3 N–H and O–H groups in total. The number of ether oxygens (including phenoxy) is 2. The first kappa shape index (κ1) is 18.8. The van der Waals surface area contributed by atoms with E-state index in [4.69, 9.17) is 9.47 Å². The largest absolute Gasteiger partial charge is 0.496 e. The zero-order valence-corrected chi connectivity index (χ0v) is 17.0. The number of rotatable bonds is 6. The van der Waals surface area contributed by atoms with Gasteiger partial charge in [0.05, 0.1) is 31.2 Å². The van der Waals surface area contributed by atoms with E-state index in [2.05, 4.69) is 30.9 Å². The van der Waals surface area contributed by atoms with Crippen molar-refractivity contribution in [1.29, 1.82) is 0 Å². The molecule has 0 radical (unpaired) electrons. The van der Waals surface area contributed by atoms with Crippen LogP contribution in [0.5, 0.6) is 11.5 Å². The van der Waals surface area contributed by atoms with E-state index in [9.17, 15) is 0 Å². The third-order valence-electron chi connectivity index (χ3n) is 4.85. The number of nitrogens with zero attached hydrogens (tertiary/aromatic N) is 3. The SMILES string of the molecule is CNc1cc(C)nc(Nc2ccc(OC)c(-c3cc4c(cn3)CCN4)c2OC)n1. The lowest BCUT2D eigenvalue weighted by molar-refractivity contribution is 0.398. The van der Waals surface area contributed by atoms with Gasteiger partial charge in [0.1, 0.15) is 11.6 Å². The van der Waals surface area contributed by atoms with Gasteiger partial charge in [-0.05, 0) is 37.1 Å². The number of hydrogen-bond acceptors (Lipinski definition) is 8. The number of aryl methyl sites for hydroxylation is 1. The fraction of sp³-hybridized carbons (Fsp3) is 0.286. The van der Waals surface area contributed by atoms with Crippen molar-refractivity contribution in [1.82, 2.24) is 15.0 Å². The third-order valence-corrected chi connectivity index (χ3v) is 4.85. The quantitative estimate of drug-likeness (QED) is 0.586. The first-order chi connectivity index (χ1) is 14.1. The second kappa shape index (κ2) is 7.83. The van der Waals surface area contributed by atoms with Gasteiger partial charge in [-0.25, -0.2) is 4.98 Å². The Hall–Kier alpha value is -3.55. The average molecular weight is 392 g/mol. The minimum absolute atomic E-state index is 0.479. The zero-order valence-electron chi connectivity index (χ0n) is 17.0. The second-order valence-corrected chi connectivity index (χ2v) is 6.72. The lowest BCUT2D eigenvalue weighted by Gasteiger charge is -2.18. The Balaban J connectivity index is 1.81. The molecule has 0 amide bonds. The highest BCUT2D eigenvalue weighted by atomic mass is 16.5. The Kier molecular flexibility index (Phi) is 5.07. The van der Waals surface area contributed by atoms with Crippen molar-refractivity contribution in [3.8, 4) is 22.8 Å². The monoisotopic (exact) mass is 392 g/mol. The molecule has 1 aliphatic heterocycles. The predicted molar refractivity (Wildman–Crippen MR) is 115 cm³/mol. The average Bonchev–Trinajstić information content (AvgIpc) is 3.20. The molecule has 0 spiro atoms. The maximum atomic E-state index is 5.78. The lowest BCUT2D eigenvalue weighted by atomic mass is 10.1. The highest BCUT2D eigenvalue weighted by molar-refractivity contribution is 5.84. The number of benzene rings is 1. The van der Waals surface area contributed by atoms with Crippen molar-refractivity contribution in [2.75, 3.05) is 43.8 Å². The molecule has 0 atom stereocenters. The molecule has 1 aromatic carbocycles. The van der Waals surface area contributed by atoms with Crippen molar-refractivity contribution in [2.45, 2.75) is 13.3 Å². The van der Waals surface area contributed by atoms with Gasteiger partial charge >= 0.3 is 0 Å². The molecule has 2 aromatic heterocycles. The van der Waals surface area contributed by atoms with E-state index in [-0.39, 0.29) is 0 Å². The summed E-state index contributed by atoms with van der Waals surface area (Å²) in [6, 6.07) is 7.69. The zero-order chi connectivity index (χ0) is 20.4. The lowest BCUT2D eigenvalue weighted by Crippen LogP contribution is -2.04. The molecule has 0 bridgehead atoms. The molecule has 29 heavy (non-hydrogen) atoms. The van der Waals surface area contributed by atoms with Crippen molar-refractivity contribution in [3.63, 3.8) is 0 Å². The first-order valence-electron chi connectivity index (χ1n) is 9.41. The van der Waals surface area contributed by atoms with Crippen LogP contribution in [-0.4, -0.2) is 42.8 Å². The van der Waals surface area contributed by atoms with E-state index >= 15 is 0 Å². The fourth-order valence-electron chi connectivity index (χ4n) is 3.48. The summed E-state index contributed by atoms with van der Waals surface area (Å²) in [5, 5.41) is 9.70. The van der Waals surface area contributed by atoms with Crippen LogP contribution < -0.4 is 25.4 Å². The van der Waals surface area contributed by atoms with Crippen LogP contribution in [0.3, 0.4) is 0 Å². The molecule has 8 heteroatoms. The van der Waals surface area contributed by atoms with E-state index in [1.165, 1.54) is 5.56 Å². The van der Waals surface area contributed by atoms with Crippen LogP contribution in [0, 0.1) is 6.92 Å². The van der Waals surface area contributed by atoms with Gasteiger partial charge in [-0.3, -0.25) is 4.98 Å². The van der Waals surface area contributed by atoms with E-state index < -0.39 is 0 Å². The number of hydrogen-bond donors (Lipinski definition) is 3. The summed E-state index contributed by atoms with van der Waals surface area (Å²) in [6.07, 6.45) is 2.89. The Morgan fingerprint density at radius 2 is 1.97 bits per heavy atom. The molecule has 150 valence electrons. The summed E-state index contributed by atoms with van der Waals surface area (Å²) >= 11 is 0. The van der Waals surface area contributed by atoms with Crippen LogP contribution in [0.4, 0.5) is 23.1 Å². The topological polar surface area (TPSA) is 93.2 Å². The van der Waals surface area contributed by atoms with E-state index in [0.29, 0.717) is 17.4 Å². The van der Waals surface area contributed by atoms with Gasteiger partial charge in [-0.2, -0.15) is 4.98 Å². The summed E-state index contributed by atoms with van der Waals surface area (Å²) < 4.78 is 11.4. The molecule has 0 fully saturated rings. The molecule has 0 unspecified atom stereocenters. The Labute approximate surface area is 169 Å². The van der Waals surface area contributed by atoms with Gasteiger partial charge in [-0.1, -0.05) is 0 Å². The van der Waals surface area contributed by atoms with Gasteiger partial charge in [-0.15, -0.1) is 0 Å². The number of nitrogens with one attached hydrogen (secondary N) is 3. The maximum Gasteiger partial charge on any atom is 0.229 e. The van der Waals surface area contributed by atoms with Crippen LogP contribution in [0.25, 0.3) is 11.3 Å². The van der Waals surface area contributed by atoms with Crippen molar-refractivity contribution >= 4 is 23.1 Å². The summed E-state index contributed by atoms with van der Waals surface area (Å²) in [7, 11) is 5.09. The summed E-state index contributed by atoms with van der Waals surface area (Å²) in [4.78, 5) is 13.6. The predicted octanol–water partition coefficient (Wildman–Crippen LogP) is 3.62. The van der Waals surface area contributed by atoms with Crippen LogP contribution in [0.1, 0.15) is 11.3 Å². The number of methoxy groups -OCH3 is 2. The van der Waals surface area contributed by atoms with Gasteiger partial charge in [0.15, 0.2) is 5.75 Å². The number of aromatic nitrogens is 3. The number of pyridine rings is 1. The van der Waals surface area contributed by atoms with Crippen molar-refractivity contribution < 1.29 is 9.47 Å². The normalized spacial score (nSPS) is 12.1. The molecule has 0 saturated carbocycles. The van der Waals surface area contributed by atoms with Crippen LogP contribution >= 0.6 is 0 Å². The van der Waals surface area contributed by atoms with Gasteiger partial charge < -0.3 is 25.4 Å². The fourth-order valence-corrected chi connectivity index (χ4v) is 3.48. The molecule has 3 aromatic rings. The molecule has 0 aliphatic carbocycles. The highest BCUT2D eigenvalue weighted by Crippen LogP contribution is 2.44. The maximum absolute atomic E-state index is 5.78. The standard InChI is InChI=1S/C21H24N6O2/c1-12-9-18(22-2)27-21(25-12)26-14-5-6-17(28-3)19(20(14)29-4)16-10-15-13(11-24-16)7-8-23-15/h5-6,9-11,23H,7-8H2,1-4H3,(H2,22,25,26,27). The Morgan fingerprint density at radius 1 is 1.10 bits per heavy atom. The number of anilines is 4. The summed E-state index contributed by atoms with van der Waals surface area (Å²) in [5.41, 5.74) is 5.44. The third kappa shape index (κ3) is 3.61. The molecule has 3 heterocycles. The van der Waals surface area contributed by atoms with Crippen molar-refractivity contribution in [3.05, 3.63) is 41.7 Å². The van der Waals surface area contributed by atoms with E-state index in [1.807, 2.05) is 44.4 Å². The second-order valence-electron chi connectivity index (χ2n) is 6.72. The van der Waals surface area contributed by atoms with Crippen LogP contribution in [-0.2, 0) is 6.42 Å². The number of fused-ring (bicyclic) bond motifs is 1. The smallest absolute Gasteiger partial charge is 0.229 e. The van der Waals surface area contributed by atoms with Crippen LogP contribution in [0.2, 0.25) is 0 Å². The van der Waals surface area contributed by atoms with Crippen molar-refractivity contribution in [2.24, 2.45) is 0 Å². The first-order valence-corrected chi connectivity index (χ1v) is 9.41. The van der Waals surface area contributed by atoms with E-state index in [1.54, 1.807) is 14.2 Å². The Bertz CT molecular complexity index is 1050. The summed E-state index contributed by atoms with van der Waals surface area (Å²) in [6.45, 7) is 2.85. The molecule has 8 nitrogen and oxygen atoms in total. The minimum Gasteiger partial charge on any atom is -0.496 e. The summed E-state index contributed by atoms with van der Waals surface area (Å²) in [5.74, 6) is 2.51. The van der Waals surface area contributed by atoms with Gasteiger partial charge in [0, 0.05) is 37.2 Å². The van der Waals surface area contributed by atoms with Crippen LogP contribution in [0.15, 0.2) is 30.5 Å². The molecule has 0 saturated heterocycles.